The molecule has 0 radical (unpaired) electrons. The van der Waals surface area contributed by atoms with Gasteiger partial charge in [0, 0.05) is 12.1 Å². The van der Waals surface area contributed by atoms with Crippen molar-refractivity contribution in [3.63, 3.8) is 0 Å². The molecule has 0 N–H and O–H groups in total. The minimum Gasteiger partial charge on any atom is -0.412 e. The number of hydrogen-bond acceptors (Lipinski definition) is 2. The van der Waals surface area contributed by atoms with Crippen LogP contribution in [0.15, 0.2) is 16.5 Å². The van der Waals surface area contributed by atoms with Crippen molar-refractivity contribution in [3.05, 3.63) is 29.9 Å². The molecule has 0 spiro atoms. The Hall–Kier alpha value is -1.52. The number of aromatic nitrogens is 1. The Balaban J connectivity index is 2.88. The SMILES string of the molecule is Fc1cc(F)c2oc(F)nc2c1. The van der Waals surface area contributed by atoms with Gasteiger partial charge in [0.15, 0.2) is 11.4 Å². The van der Waals surface area contributed by atoms with Gasteiger partial charge in [-0.05, 0) is 0 Å². The summed E-state index contributed by atoms with van der Waals surface area (Å²) in [6.45, 7) is 0. The van der Waals surface area contributed by atoms with Crippen LogP contribution >= 0.6 is 0 Å². The van der Waals surface area contributed by atoms with E-state index >= 15 is 0 Å². The van der Waals surface area contributed by atoms with E-state index < -0.39 is 17.8 Å². The molecule has 0 saturated heterocycles. The molecule has 0 amide bonds. The van der Waals surface area contributed by atoms with Crippen molar-refractivity contribution >= 4 is 11.1 Å². The van der Waals surface area contributed by atoms with Gasteiger partial charge in [0.2, 0.25) is 0 Å². The lowest BCUT2D eigenvalue weighted by molar-refractivity contribution is 0.349. The summed E-state index contributed by atoms with van der Waals surface area (Å²) in [5, 5.41) is 0. The van der Waals surface area contributed by atoms with Crippen LogP contribution in [0.4, 0.5) is 13.2 Å². The van der Waals surface area contributed by atoms with E-state index in [1.807, 2.05) is 0 Å². The Bertz CT molecular complexity index is 437. The fourth-order valence-corrected chi connectivity index (χ4v) is 0.933. The number of hydrogen-bond donors (Lipinski definition) is 0. The molecule has 0 atom stereocenters. The third-order valence-corrected chi connectivity index (χ3v) is 1.38. The van der Waals surface area contributed by atoms with E-state index in [2.05, 4.69) is 9.40 Å². The molecule has 0 unspecified atom stereocenters. The van der Waals surface area contributed by atoms with E-state index in [1.165, 1.54) is 0 Å². The van der Waals surface area contributed by atoms with Crippen molar-refractivity contribution < 1.29 is 17.6 Å². The molecule has 2 rings (SSSR count). The minimum atomic E-state index is -1.17. The van der Waals surface area contributed by atoms with Gasteiger partial charge in [-0.1, -0.05) is 0 Å². The van der Waals surface area contributed by atoms with E-state index in [4.69, 9.17) is 0 Å². The molecule has 0 aliphatic heterocycles. The zero-order valence-electron chi connectivity index (χ0n) is 5.64. The average Bonchev–Trinajstić information content (AvgIpc) is 2.29. The van der Waals surface area contributed by atoms with Gasteiger partial charge >= 0.3 is 6.14 Å². The average molecular weight is 173 g/mol. The zero-order chi connectivity index (χ0) is 8.72. The number of halogens is 3. The summed E-state index contributed by atoms with van der Waals surface area (Å²) in [6, 6.07) is 1.50. The Morgan fingerprint density at radius 2 is 1.92 bits per heavy atom. The van der Waals surface area contributed by atoms with Crippen molar-refractivity contribution in [1.29, 1.82) is 0 Å². The first-order valence-corrected chi connectivity index (χ1v) is 3.08. The molecule has 62 valence electrons. The Morgan fingerprint density at radius 1 is 1.17 bits per heavy atom. The summed E-state index contributed by atoms with van der Waals surface area (Å²) >= 11 is 0. The van der Waals surface area contributed by atoms with E-state index in [0.29, 0.717) is 6.07 Å². The second kappa shape index (κ2) is 2.23. The molecule has 1 aromatic carbocycles. The van der Waals surface area contributed by atoms with Crippen molar-refractivity contribution in [2.45, 2.75) is 0 Å². The first kappa shape index (κ1) is 7.15. The van der Waals surface area contributed by atoms with Gasteiger partial charge in [0.25, 0.3) is 0 Å². The van der Waals surface area contributed by atoms with Crippen molar-refractivity contribution in [2.75, 3.05) is 0 Å². The van der Waals surface area contributed by atoms with Crippen LogP contribution in [-0.2, 0) is 0 Å². The summed E-state index contributed by atoms with van der Waals surface area (Å²) in [7, 11) is 0. The fourth-order valence-electron chi connectivity index (χ4n) is 0.933. The highest BCUT2D eigenvalue weighted by Crippen LogP contribution is 2.19. The molecule has 5 heteroatoms. The van der Waals surface area contributed by atoms with Crippen LogP contribution in [0, 0.1) is 17.8 Å². The highest BCUT2D eigenvalue weighted by molar-refractivity contribution is 5.72. The van der Waals surface area contributed by atoms with Crippen LogP contribution in [0.5, 0.6) is 0 Å². The molecule has 2 aromatic rings. The van der Waals surface area contributed by atoms with Crippen molar-refractivity contribution in [3.8, 4) is 0 Å². The molecule has 1 aromatic heterocycles. The summed E-state index contributed by atoms with van der Waals surface area (Å²) in [5.74, 6) is -1.77. The van der Waals surface area contributed by atoms with Crippen molar-refractivity contribution in [2.24, 2.45) is 0 Å². The molecule has 0 aliphatic rings. The number of fused-ring (bicyclic) bond motifs is 1. The van der Waals surface area contributed by atoms with Gasteiger partial charge in [-0.15, -0.1) is 4.39 Å². The lowest BCUT2D eigenvalue weighted by atomic mass is 10.3. The Labute approximate surface area is 64.6 Å². The van der Waals surface area contributed by atoms with Crippen LogP contribution in [0.3, 0.4) is 0 Å². The van der Waals surface area contributed by atoms with E-state index in [0.717, 1.165) is 6.07 Å². The van der Waals surface area contributed by atoms with Crippen LogP contribution in [-0.4, -0.2) is 4.98 Å². The highest BCUT2D eigenvalue weighted by atomic mass is 19.1. The maximum Gasteiger partial charge on any atom is 0.382 e. The molecule has 1 heterocycles. The second-order valence-corrected chi connectivity index (χ2v) is 2.20. The third kappa shape index (κ3) is 0.939. The molecular weight excluding hydrogens is 171 g/mol. The lowest BCUT2D eigenvalue weighted by Crippen LogP contribution is -1.79. The summed E-state index contributed by atoms with van der Waals surface area (Å²) in [6.07, 6.45) is -1.17. The standard InChI is InChI=1S/C7H2F3NO/c8-3-1-4(9)6-5(2-3)11-7(10)12-6/h1-2H. The van der Waals surface area contributed by atoms with Gasteiger partial charge in [-0.2, -0.15) is 4.98 Å². The van der Waals surface area contributed by atoms with Crippen LogP contribution < -0.4 is 0 Å². The molecule has 0 saturated carbocycles. The maximum absolute atomic E-state index is 12.7. The minimum absolute atomic E-state index is 0.162. The van der Waals surface area contributed by atoms with Crippen molar-refractivity contribution in [1.82, 2.24) is 4.98 Å². The van der Waals surface area contributed by atoms with Crippen LogP contribution in [0.2, 0.25) is 0 Å². The summed E-state index contributed by atoms with van der Waals surface area (Å²) in [5.41, 5.74) is -0.529. The largest absolute Gasteiger partial charge is 0.412 e. The van der Waals surface area contributed by atoms with Gasteiger partial charge in [-0.25, -0.2) is 8.78 Å². The molecule has 0 aliphatic carbocycles. The van der Waals surface area contributed by atoms with Crippen LogP contribution in [0.1, 0.15) is 0 Å². The lowest BCUT2D eigenvalue weighted by Gasteiger charge is -1.88. The predicted molar refractivity (Wildman–Crippen MR) is 33.9 cm³/mol. The van der Waals surface area contributed by atoms with Crippen LogP contribution in [0.25, 0.3) is 11.1 Å². The zero-order valence-corrected chi connectivity index (χ0v) is 5.64. The molecule has 0 fully saturated rings. The normalized spacial score (nSPS) is 10.9. The third-order valence-electron chi connectivity index (χ3n) is 1.38. The highest BCUT2D eigenvalue weighted by Gasteiger charge is 2.11. The van der Waals surface area contributed by atoms with Gasteiger partial charge < -0.3 is 4.42 Å². The molecular formula is C7H2F3NO. The van der Waals surface area contributed by atoms with E-state index in [1.54, 1.807) is 0 Å². The fraction of sp³-hybridized carbons (Fsp3) is 0. The summed E-state index contributed by atoms with van der Waals surface area (Å²) < 4.78 is 41.7. The quantitative estimate of drug-likeness (QED) is 0.610. The molecule has 12 heavy (non-hydrogen) atoms. The molecule has 0 bridgehead atoms. The first-order chi connectivity index (χ1) is 5.66. The molecule has 2 nitrogen and oxygen atoms in total. The Kier molecular flexibility index (Phi) is 1.33. The maximum atomic E-state index is 12.7. The Morgan fingerprint density at radius 3 is 2.67 bits per heavy atom. The van der Waals surface area contributed by atoms with E-state index in [-0.39, 0.29) is 11.1 Å². The second-order valence-electron chi connectivity index (χ2n) is 2.20. The topological polar surface area (TPSA) is 26.0 Å². The summed E-state index contributed by atoms with van der Waals surface area (Å²) in [4.78, 5) is 3.12. The van der Waals surface area contributed by atoms with Gasteiger partial charge in [0.1, 0.15) is 11.3 Å². The van der Waals surface area contributed by atoms with Gasteiger partial charge in [-0.3, -0.25) is 0 Å². The monoisotopic (exact) mass is 173 g/mol. The number of rotatable bonds is 0. The first-order valence-electron chi connectivity index (χ1n) is 3.08. The van der Waals surface area contributed by atoms with Gasteiger partial charge in [0.05, 0.1) is 0 Å². The number of oxazole rings is 1. The van der Waals surface area contributed by atoms with E-state index in [9.17, 15) is 13.2 Å². The number of nitrogens with zero attached hydrogens (tertiary/aromatic N) is 1. The smallest absolute Gasteiger partial charge is 0.382 e. The number of benzene rings is 1. The predicted octanol–water partition coefficient (Wildman–Crippen LogP) is 2.25.